The van der Waals surface area contributed by atoms with Gasteiger partial charge in [-0.3, -0.25) is 9.59 Å². The van der Waals surface area contributed by atoms with Crippen molar-refractivity contribution >= 4 is 38.6 Å². The molecule has 0 fully saturated rings. The van der Waals surface area contributed by atoms with E-state index < -0.39 is 22.0 Å². The molecule has 0 radical (unpaired) electrons. The molecule has 8 nitrogen and oxygen atoms in total. The SMILES string of the molecule is CCCC[C@@H](NS(=O)(=O)c1ccc(-c2ccc(NC(=O)c3cc4ccccc4o3)cc2)cc1)C(=O)O. The van der Waals surface area contributed by atoms with Gasteiger partial charge in [-0.1, -0.05) is 62.2 Å². The third kappa shape index (κ3) is 5.81. The predicted octanol–water partition coefficient (Wildman–Crippen LogP) is 5.27. The van der Waals surface area contributed by atoms with Crippen molar-refractivity contribution in [1.82, 2.24) is 4.72 Å². The van der Waals surface area contributed by atoms with Gasteiger partial charge in [0.15, 0.2) is 5.76 Å². The van der Waals surface area contributed by atoms with Gasteiger partial charge in [-0.25, -0.2) is 8.42 Å². The lowest BCUT2D eigenvalue weighted by molar-refractivity contribution is -0.139. The Morgan fingerprint density at radius 3 is 2.19 bits per heavy atom. The Bertz CT molecular complexity index is 1440. The van der Waals surface area contributed by atoms with Crippen LogP contribution in [0.1, 0.15) is 36.7 Å². The molecule has 186 valence electrons. The number of nitrogens with one attached hydrogen (secondary N) is 2. The fourth-order valence-electron chi connectivity index (χ4n) is 3.76. The molecule has 36 heavy (non-hydrogen) atoms. The second kappa shape index (κ2) is 10.8. The molecule has 0 spiro atoms. The van der Waals surface area contributed by atoms with E-state index in [1.165, 1.54) is 12.1 Å². The molecule has 9 heteroatoms. The number of hydrogen-bond acceptors (Lipinski definition) is 5. The van der Waals surface area contributed by atoms with Gasteiger partial charge < -0.3 is 14.8 Å². The molecule has 0 aliphatic rings. The zero-order chi connectivity index (χ0) is 25.7. The number of carboxylic acids is 1. The van der Waals surface area contributed by atoms with Crippen LogP contribution < -0.4 is 10.0 Å². The standard InChI is InChI=1S/C27H26N2O6S/c1-2-3-7-23(27(31)32)29-36(33,34)22-15-11-19(12-16-22)18-9-13-21(14-10-18)28-26(30)25-17-20-6-4-5-8-24(20)35-25/h4-6,8-17,23,29H,2-3,7H2,1H3,(H,28,30)(H,31,32)/t23-/m1/s1. The number of rotatable bonds is 10. The van der Waals surface area contributed by atoms with Gasteiger partial charge in [0, 0.05) is 11.1 Å². The summed E-state index contributed by atoms with van der Waals surface area (Å²) in [4.78, 5) is 23.9. The van der Waals surface area contributed by atoms with E-state index in [2.05, 4.69) is 10.0 Å². The number of hydrogen-bond donors (Lipinski definition) is 3. The van der Waals surface area contributed by atoms with Crippen LogP contribution in [0, 0.1) is 0 Å². The molecule has 0 saturated heterocycles. The fourth-order valence-corrected chi connectivity index (χ4v) is 4.98. The zero-order valence-corrected chi connectivity index (χ0v) is 20.4. The van der Waals surface area contributed by atoms with Crippen LogP contribution >= 0.6 is 0 Å². The summed E-state index contributed by atoms with van der Waals surface area (Å²) >= 11 is 0. The third-order valence-corrected chi connectivity index (χ3v) is 7.22. The molecular formula is C27H26N2O6S. The van der Waals surface area contributed by atoms with Crippen molar-refractivity contribution in [1.29, 1.82) is 0 Å². The highest BCUT2D eigenvalue weighted by molar-refractivity contribution is 7.89. The first-order valence-electron chi connectivity index (χ1n) is 11.5. The van der Waals surface area contributed by atoms with E-state index in [0.29, 0.717) is 17.7 Å². The number of carbonyl (C=O) groups excluding carboxylic acids is 1. The molecule has 4 rings (SSSR count). The quantitative estimate of drug-likeness (QED) is 0.269. The summed E-state index contributed by atoms with van der Waals surface area (Å²) in [5.74, 6) is -1.35. The predicted molar refractivity (Wildman–Crippen MR) is 137 cm³/mol. The van der Waals surface area contributed by atoms with E-state index in [9.17, 15) is 23.1 Å². The number of sulfonamides is 1. The average molecular weight is 507 g/mol. The number of furan rings is 1. The normalized spacial score (nSPS) is 12.4. The Labute approximate surface area is 209 Å². The van der Waals surface area contributed by atoms with Crippen molar-refractivity contribution in [2.24, 2.45) is 0 Å². The highest BCUT2D eigenvalue weighted by Gasteiger charge is 2.24. The van der Waals surface area contributed by atoms with Gasteiger partial charge in [0.25, 0.3) is 5.91 Å². The monoisotopic (exact) mass is 506 g/mol. The number of anilines is 1. The topological polar surface area (TPSA) is 126 Å². The van der Waals surface area contributed by atoms with Crippen LogP contribution in [-0.4, -0.2) is 31.4 Å². The molecule has 1 aromatic heterocycles. The van der Waals surface area contributed by atoms with Crippen LogP contribution in [0.25, 0.3) is 22.1 Å². The minimum absolute atomic E-state index is 0.0104. The summed E-state index contributed by atoms with van der Waals surface area (Å²) in [6, 6.07) is 21.2. The van der Waals surface area contributed by atoms with Crippen molar-refractivity contribution in [3.8, 4) is 11.1 Å². The van der Waals surface area contributed by atoms with E-state index in [-0.39, 0.29) is 23.0 Å². The van der Waals surface area contributed by atoms with Crippen molar-refractivity contribution < 1.29 is 27.5 Å². The lowest BCUT2D eigenvalue weighted by Gasteiger charge is -2.14. The smallest absolute Gasteiger partial charge is 0.321 e. The van der Waals surface area contributed by atoms with E-state index in [0.717, 1.165) is 22.9 Å². The van der Waals surface area contributed by atoms with Crippen molar-refractivity contribution in [3.05, 3.63) is 84.6 Å². The maximum atomic E-state index is 12.7. The Morgan fingerprint density at radius 2 is 1.58 bits per heavy atom. The van der Waals surface area contributed by atoms with E-state index in [4.69, 9.17) is 4.42 Å². The molecular weight excluding hydrogens is 480 g/mol. The van der Waals surface area contributed by atoms with Crippen LogP contribution in [0.4, 0.5) is 5.69 Å². The van der Waals surface area contributed by atoms with Gasteiger partial charge >= 0.3 is 5.97 Å². The summed E-state index contributed by atoms with van der Waals surface area (Å²) in [6.45, 7) is 1.91. The molecule has 3 aromatic carbocycles. The summed E-state index contributed by atoms with van der Waals surface area (Å²) in [5, 5.41) is 13.0. The highest BCUT2D eigenvalue weighted by atomic mass is 32.2. The van der Waals surface area contributed by atoms with Gasteiger partial charge in [0.1, 0.15) is 11.6 Å². The van der Waals surface area contributed by atoms with Gasteiger partial charge in [0.05, 0.1) is 4.90 Å². The minimum atomic E-state index is -3.98. The van der Waals surface area contributed by atoms with Crippen molar-refractivity contribution in [3.63, 3.8) is 0 Å². The van der Waals surface area contributed by atoms with Crippen LogP contribution in [0.3, 0.4) is 0 Å². The number of carboxylic acid groups (broad SMARTS) is 1. The van der Waals surface area contributed by atoms with Crippen molar-refractivity contribution in [2.45, 2.75) is 37.1 Å². The number of unbranched alkanes of at least 4 members (excludes halogenated alkanes) is 1. The Morgan fingerprint density at radius 1 is 0.944 bits per heavy atom. The molecule has 0 bridgehead atoms. The number of carbonyl (C=O) groups is 2. The molecule has 0 aliphatic heterocycles. The largest absolute Gasteiger partial charge is 0.480 e. The van der Waals surface area contributed by atoms with E-state index in [1.54, 1.807) is 48.5 Å². The molecule has 3 N–H and O–H groups in total. The Hall–Kier alpha value is -3.95. The zero-order valence-electron chi connectivity index (χ0n) is 19.6. The van der Waals surface area contributed by atoms with Crippen LogP contribution in [0.5, 0.6) is 0 Å². The number of benzene rings is 3. The molecule has 1 atom stereocenters. The maximum Gasteiger partial charge on any atom is 0.321 e. The molecule has 0 unspecified atom stereocenters. The van der Waals surface area contributed by atoms with Crippen molar-refractivity contribution in [2.75, 3.05) is 5.32 Å². The number of fused-ring (bicyclic) bond motifs is 1. The average Bonchev–Trinajstić information content (AvgIpc) is 3.32. The summed E-state index contributed by atoms with van der Waals surface area (Å²) in [7, 11) is -3.98. The molecule has 0 saturated carbocycles. The summed E-state index contributed by atoms with van der Waals surface area (Å²) in [5.41, 5.74) is 2.81. The molecule has 1 heterocycles. The second-order valence-corrected chi connectivity index (χ2v) is 10.1. The van der Waals surface area contributed by atoms with Crippen LogP contribution in [0.2, 0.25) is 0 Å². The van der Waals surface area contributed by atoms with E-state index >= 15 is 0 Å². The summed E-state index contributed by atoms with van der Waals surface area (Å²) in [6.07, 6.45) is 1.60. The molecule has 0 aliphatic carbocycles. The Balaban J connectivity index is 1.43. The number of para-hydroxylation sites is 1. The first-order valence-corrected chi connectivity index (χ1v) is 13.0. The maximum absolute atomic E-state index is 12.7. The van der Waals surface area contributed by atoms with Gasteiger partial charge in [-0.15, -0.1) is 0 Å². The van der Waals surface area contributed by atoms with E-state index in [1.807, 2.05) is 25.1 Å². The van der Waals surface area contributed by atoms with Gasteiger partial charge in [0.2, 0.25) is 10.0 Å². The van der Waals surface area contributed by atoms with Crippen LogP contribution in [-0.2, 0) is 14.8 Å². The van der Waals surface area contributed by atoms with Gasteiger partial charge in [-0.05, 0) is 53.9 Å². The number of amides is 1. The first-order chi connectivity index (χ1) is 17.3. The van der Waals surface area contributed by atoms with Gasteiger partial charge in [-0.2, -0.15) is 4.72 Å². The number of aliphatic carboxylic acids is 1. The summed E-state index contributed by atoms with van der Waals surface area (Å²) < 4.78 is 33.2. The molecule has 4 aromatic rings. The lowest BCUT2D eigenvalue weighted by atomic mass is 10.1. The highest BCUT2D eigenvalue weighted by Crippen LogP contribution is 2.24. The van der Waals surface area contributed by atoms with Crippen LogP contribution in [0.15, 0.2) is 88.2 Å². The Kier molecular flexibility index (Phi) is 7.52. The molecule has 1 amide bonds. The fraction of sp³-hybridized carbons (Fsp3) is 0.185. The lowest BCUT2D eigenvalue weighted by Crippen LogP contribution is -2.40. The minimum Gasteiger partial charge on any atom is -0.480 e. The first kappa shape index (κ1) is 25.2. The third-order valence-electron chi connectivity index (χ3n) is 5.73. The second-order valence-electron chi connectivity index (χ2n) is 8.36.